The lowest BCUT2D eigenvalue weighted by atomic mass is 9.86. The van der Waals surface area contributed by atoms with Gasteiger partial charge in [-0.3, -0.25) is 9.69 Å². The fraction of sp³-hybridized carbons (Fsp3) is 0.765. The van der Waals surface area contributed by atoms with E-state index in [-0.39, 0.29) is 17.9 Å². The van der Waals surface area contributed by atoms with Crippen molar-refractivity contribution in [1.82, 2.24) is 9.88 Å². The highest BCUT2D eigenvalue weighted by molar-refractivity contribution is 7.16. The number of carbonyl (C=O) groups is 1. The lowest BCUT2D eigenvalue weighted by Gasteiger charge is -2.29. The lowest BCUT2D eigenvalue weighted by Crippen LogP contribution is -2.33. The van der Waals surface area contributed by atoms with Crippen LogP contribution in [-0.4, -0.2) is 42.1 Å². The Balaban J connectivity index is 1.45. The van der Waals surface area contributed by atoms with Gasteiger partial charge in [0.2, 0.25) is 5.91 Å². The Hall–Kier alpha value is -0.980. The molecular weight excluding hydrogens is 310 g/mol. The van der Waals surface area contributed by atoms with E-state index in [9.17, 15) is 4.79 Å². The number of ether oxygens (including phenoxy) is 1. The summed E-state index contributed by atoms with van der Waals surface area (Å²) in [7, 11) is 3.96. The number of nitrogens with zero attached hydrogens (tertiary/aromatic N) is 2. The Morgan fingerprint density at radius 1 is 1.35 bits per heavy atom. The number of anilines is 1. The van der Waals surface area contributed by atoms with Crippen LogP contribution in [0.2, 0.25) is 0 Å². The number of hydrogen-bond donors (Lipinski definition) is 1. The van der Waals surface area contributed by atoms with Crippen LogP contribution in [0.1, 0.15) is 55.1 Å². The van der Waals surface area contributed by atoms with E-state index in [2.05, 4.69) is 17.3 Å². The summed E-state index contributed by atoms with van der Waals surface area (Å²) in [5.41, 5.74) is 1.22. The van der Waals surface area contributed by atoms with Gasteiger partial charge in [-0.15, -0.1) is 0 Å². The van der Waals surface area contributed by atoms with Crippen LogP contribution in [0, 0.1) is 5.92 Å². The van der Waals surface area contributed by atoms with Gasteiger partial charge in [-0.25, -0.2) is 4.98 Å². The maximum atomic E-state index is 12.6. The molecule has 0 spiro atoms. The zero-order valence-corrected chi connectivity index (χ0v) is 14.7. The number of carbonyl (C=O) groups excluding carboxylic acids is 1. The fourth-order valence-electron chi connectivity index (χ4n) is 4.43. The van der Waals surface area contributed by atoms with Crippen LogP contribution in [0.4, 0.5) is 5.13 Å². The summed E-state index contributed by atoms with van der Waals surface area (Å²) in [6.45, 7) is 0. The van der Waals surface area contributed by atoms with Crippen molar-refractivity contribution in [3.63, 3.8) is 0 Å². The number of rotatable bonds is 3. The monoisotopic (exact) mass is 335 g/mol. The Kier molecular flexibility index (Phi) is 4.15. The molecule has 1 aliphatic carbocycles. The van der Waals surface area contributed by atoms with Crippen molar-refractivity contribution in [2.24, 2.45) is 5.92 Å². The zero-order valence-electron chi connectivity index (χ0n) is 13.9. The molecule has 0 aromatic carbocycles. The van der Waals surface area contributed by atoms with E-state index in [1.165, 1.54) is 23.4 Å². The first-order valence-electron chi connectivity index (χ1n) is 8.71. The van der Waals surface area contributed by atoms with Gasteiger partial charge >= 0.3 is 0 Å². The van der Waals surface area contributed by atoms with Crippen LogP contribution in [-0.2, 0) is 16.0 Å². The Labute approximate surface area is 141 Å². The maximum Gasteiger partial charge on any atom is 0.229 e. The summed E-state index contributed by atoms with van der Waals surface area (Å²) in [5.74, 6) is 0.185. The van der Waals surface area contributed by atoms with Crippen LogP contribution in [0.15, 0.2) is 0 Å². The molecule has 5 nitrogen and oxygen atoms in total. The number of hydrogen-bond acceptors (Lipinski definition) is 5. The third kappa shape index (κ3) is 2.81. The van der Waals surface area contributed by atoms with E-state index in [1.807, 2.05) is 0 Å². The molecule has 126 valence electrons. The first-order chi connectivity index (χ1) is 11.2. The smallest absolute Gasteiger partial charge is 0.229 e. The number of thiazole rings is 1. The van der Waals surface area contributed by atoms with Gasteiger partial charge in [0.05, 0.1) is 11.8 Å². The van der Waals surface area contributed by atoms with Gasteiger partial charge < -0.3 is 10.1 Å². The molecule has 6 heteroatoms. The number of likely N-dealkylation sites (N-methyl/N-ethyl adjacent to an activating group) is 1. The molecule has 1 saturated heterocycles. The molecule has 4 atom stereocenters. The van der Waals surface area contributed by atoms with Crippen LogP contribution >= 0.6 is 11.3 Å². The molecule has 2 bridgehead atoms. The Morgan fingerprint density at radius 2 is 2.22 bits per heavy atom. The molecule has 1 amide bonds. The SMILES string of the molecule is CO[C@@H]1CCC[C@H](C(=O)Nc2nc3c(s2)[C@H]2CC[C@@H](C3)N2C)C1. The predicted molar refractivity (Wildman–Crippen MR) is 90.7 cm³/mol. The highest BCUT2D eigenvalue weighted by Crippen LogP contribution is 2.45. The second kappa shape index (κ2) is 6.15. The molecule has 1 aromatic rings. The third-order valence-corrected chi connectivity index (χ3v) is 6.97. The first-order valence-corrected chi connectivity index (χ1v) is 9.52. The van der Waals surface area contributed by atoms with Crippen LogP contribution in [0.5, 0.6) is 0 Å². The first kappa shape index (κ1) is 15.5. The molecule has 0 radical (unpaired) electrons. The molecule has 2 aliphatic heterocycles. The van der Waals surface area contributed by atoms with Crippen molar-refractivity contribution in [2.75, 3.05) is 19.5 Å². The van der Waals surface area contributed by atoms with Gasteiger partial charge in [-0.05, 0) is 39.2 Å². The molecule has 23 heavy (non-hydrogen) atoms. The minimum atomic E-state index is 0.0637. The molecule has 4 rings (SSSR count). The number of nitrogens with one attached hydrogen (secondary N) is 1. The molecule has 2 fully saturated rings. The highest BCUT2D eigenvalue weighted by Gasteiger charge is 2.40. The van der Waals surface area contributed by atoms with Crippen molar-refractivity contribution in [1.29, 1.82) is 0 Å². The zero-order chi connectivity index (χ0) is 16.0. The van der Waals surface area contributed by atoms with Crippen molar-refractivity contribution in [2.45, 2.75) is 63.1 Å². The molecule has 1 N–H and O–H groups in total. The number of fused-ring (bicyclic) bond motifs is 4. The quantitative estimate of drug-likeness (QED) is 0.923. The topological polar surface area (TPSA) is 54.5 Å². The average molecular weight is 335 g/mol. The van der Waals surface area contributed by atoms with Gasteiger partial charge in [0.15, 0.2) is 5.13 Å². The number of aromatic nitrogens is 1. The molecule has 3 aliphatic rings. The lowest BCUT2D eigenvalue weighted by molar-refractivity contribution is -0.122. The van der Waals surface area contributed by atoms with Crippen LogP contribution < -0.4 is 5.32 Å². The molecule has 3 heterocycles. The molecule has 0 unspecified atom stereocenters. The third-order valence-electron chi connectivity index (χ3n) is 5.86. The maximum absolute atomic E-state index is 12.6. The van der Waals surface area contributed by atoms with Gasteiger partial charge in [-0.1, -0.05) is 17.8 Å². The predicted octanol–water partition coefficient (Wildman–Crippen LogP) is 2.98. The second-order valence-corrected chi connectivity index (χ2v) is 8.19. The summed E-state index contributed by atoms with van der Waals surface area (Å²) >= 11 is 1.68. The minimum Gasteiger partial charge on any atom is -0.381 e. The summed E-state index contributed by atoms with van der Waals surface area (Å²) in [6.07, 6.45) is 7.69. The number of amides is 1. The average Bonchev–Trinajstić information content (AvgIpc) is 3.07. The van der Waals surface area contributed by atoms with Gasteiger partial charge in [-0.2, -0.15) is 0 Å². The Bertz CT molecular complexity index is 603. The molecule has 1 aromatic heterocycles. The van der Waals surface area contributed by atoms with E-state index in [4.69, 9.17) is 9.72 Å². The van der Waals surface area contributed by atoms with E-state index in [0.29, 0.717) is 12.1 Å². The van der Waals surface area contributed by atoms with Gasteiger partial charge in [0.1, 0.15) is 0 Å². The van der Waals surface area contributed by atoms with Gasteiger partial charge in [0.25, 0.3) is 0 Å². The Morgan fingerprint density at radius 3 is 3.04 bits per heavy atom. The minimum absolute atomic E-state index is 0.0637. The highest BCUT2D eigenvalue weighted by atomic mass is 32.1. The normalized spacial score (nSPS) is 33.5. The summed E-state index contributed by atoms with van der Waals surface area (Å²) in [6, 6.07) is 1.15. The van der Waals surface area contributed by atoms with Gasteiger partial charge in [0, 0.05) is 36.4 Å². The van der Waals surface area contributed by atoms with Crippen LogP contribution in [0.25, 0.3) is 0 Å². The number of methoxy groups -OCH3 is 1. The standard InChI is InChI=1S/C17H25N3O2S/c1-20-11-6-7-14(20)15-13(9-11)18-17(23-15)19-16(21)10-4-3-5-12(8-10)22-2/h10-12,14H,3-9H2,1-2H3,(H,18,19,21)/t10-,11-,12+,14+/m0/s1. The summed E-state index contributed by atoms with van der Waals surface area (Å²) in [5, 5.41) is 3.87. The fourth-order valence-corrected chi connectivity index (χ4v) is 5.61. The van der Waals surface area contributed by atoms with Crippen LogP contribution in [0.3, 0.4) is 0 Å². The van der Waals surface area contributed by atoms with Crippen molar-refractivity contribution >= 4 is 22.4 Å². The summed E-state index contributed by atoms with van der Waals surface area (Å²) < 4.78 is 5.43. The van der Waals surface area contributed by atoms with E-state index in [0.717, 1.165) is 37.2 Å². The molecule has 1 saturated carbocycles. The van der Waals surface area contributed by atoms with E-state index < -0.39 is 0 Å². The second-order valence-electron chi connectivity index (χ2n) is 7.16. The largest absolute Gasteiger partial charge is 0.381 e. The van der Waals surface area contributed by atoms with Crippen molar-refractivity contribution in [3.05, 3.63) is 10.6 Å². The van der Waals surface area contributed by atoms with Crippen molar-refractivity contribution < 1.29 is 9.53 Å². The molecular formula is C17H25N3O2S. The van der Waals surface area contributed by atoms with E-state index >= 15 is 0 Å². The van der Waals surface area contributed by atoms with E-state index in [1.54, 1.807) is 18.4 Å². The summed E-state index contributed by atoms with van der Waals surface area (Å²) in [4.78, 5) is 21.1. The van der Waals surface area contributed by atoms with Crippen molar-refractivity contribution in [3.8, 4) is 0 Å².